The molecule has 0 aliphatic carbocycles. The maximum Gasteiger partial charge on any atom is 0.251 e. The highest BCUT2D eigenvalue weighted by atomic mass is 32.1. The molecule has 1 amide bonds. The molecule has 28 heavy (non-hydrogen) atoms. The average Bonchev–Trinajstić information content (AvgIpc) is 3.35. The van der Waals surface area contributed by atoms with Gasteiger partial charge in [0.15, 0.2) is 5.13 Å². The number of fused-ring (bicyclic) bond motifs is 1. The van der Waals surface area contributed by atoms with E-state index in [0.717, 1.165) is 35.4 Å². The monoisotopic (exact) mass is 398 g/mol. The summed E-state index contributed by atoms with van der Waals surface area (Å²) in [6, 6.07) is 9.49. The van der Waals surface area contributed by atoms with Crippen molar-refractivity contribution in [3.05, 3.63) is 42.1 Å². The van der Waals surface area contributed by atoms with Crippen molar-refractivity contribution >= 4 is 44.1 Å². The van der Waals surface area contributed by atoms with E-state index in [2.05, 4.69) is 31.2 Å². The Labute approximate surface area is 166 Å². The highest BCUT2D eigenvalue weighted by Gasteiger charge is 2.18. The molecule has 1 aliphatic rings. The van der Waals surface area contributed by atoms with Gasteiger partial charge in [0.25, 0.3) is 5.91 Å². The summed E-state index contributed by atoms with van der Waals surface area (Å²) in [5.41, 5.74) is 2.39. The first kappa shape index (κ1) is 18.6. The van der Waals surface area contributed by atoms with Gasteiger partial charge in [-0.2, -0.15) is 0 Å². The molecule has 1 atom stereocenters. The van der Waals surface area contributed by atoms with E-state index < -0.39 is 0 Å². The Morgan fingerprint density at radius 2 is 2.25 bits per heavy atom. The summed E-state index contributed by atoms with van der Waals surface area (Å²) in [4.78, 5) is 21.3. The van der Waals surface area contributed by atoms with Gasteiger partial charge in [-0.3, -0.25) is 4.79 Å². The van der Waals surface area contributed by atoms with Gasteiger partial charge in [-0.05, 0) is 43.3 Å². The standard InChI is InChI=1S/C19H22N6O2S/c26-8-7-21-13-1-2-15-16(10-13)28-19(24-15)25-17-9-12(3-6-22-17)18(27)23-14-4-5-20-11-14/h1-3,6,9-10,14,20-21,26H,4-5,7-8,11H2,(H,23,27)(H,22,24,25)/t14-/m1/s1. The Bertz CT molecular complexity index is 970. The smallest absolute Gasteiger partial charge is 0.251 e. The van der Waals surface area contributed by atoms with Crippen LogP contribution in [0, 0.1) is 0 Å². The summed E-state index contributed by atoms with van der Waals surface area (Å²) >= 11 is 1.51. The summed E-state index contributed by atoms with van der Waals surface area (Å²) in [6.07, 6.45) is 2.57. The highest BCUT2D eigenvalue weighted by molar-refractivity contribution is 7.22. The molecule has 1 saturated heterocycles. The Hall–Kier alpha value is -2.75. The molecule has 146 valence electrons. The fraction of sp³-hybridized carbons (Fsp3) is 0.316. The van der Waals surface area contributed by atoms with Gasteiger partial charge < -0.3 is 26.4 Å². The lowest BCUT2D eigenvalue weighted by Crippen LogP contribution is -2.36. The molecule has 8 nitrogen and oxygen atoms in total. The maximum absolute atomic E-state index is 12.4. The van der Waals surface area contributed by atoms with Crippen LogP contribution in [0.5, 0.6) is 0 Å². The van der Waals surface area contributed by atoms with Gasteiger partial charge in [0.2, 0.25) is 0 Å². The molecule has 2 aromatic heterocycles. The Balaban J connectivity index is 1.46. The summed E-state index contributed by atoms with van der Waals surface area (Å²) in [6.45, 7) is 2.33. The van der Waals surface area contributed by atoms with E-state index >= 15 is 0 Å². The number of nitrogens with one attached hydrogen (secondary N) is 4. The third kappa shape index (κ3) is 4.38. The minimum atomic E-state index is -0.0944. The molecule has 1 aliphatic heterocycles. The first-order valence-corrected chi connectivity index (χ1v) is 10.0. The van der Waals surface area contributed by atoms with E-state index in [1.54, 1.807) is 18.3 Å². The number of amides is 1. The van der Waals surface area contributed by atoms with Crippen LogP contribution >= 0.6 is 11.3 Å². The van der Waals surface area contributed by atoms with E-state index in [1.807, 2.05) is 18.2 Å². The fourth-order valence-electron chi connectivity index (χ4n) is 3.08. The molecule has 0 radical (unpaired) electrons. The number of carbonyl (C=O) groups excluding carboxylic acids is 1. The molecule has 0 saturated carbocycles. The van der Waals surface area contributed by atoms with Gasteiger partial charge in [0, 0.05) is 36.6 Å². The largest absolute Gasteiger partial charge is 0.395 e. The van der Waals surface area contributed by atoms with Crippen LogP contribution in [0.1, 0.15) is 16.8 Å². The van der Waals surface area contributed by atoms with E-state index in [1.165, 1.54) is 11.3 Å². The number of thiazole rings is 1. The number of carbonyl (C=O) groups is 1. The quantitative estimate of drug-likeness (QED) is 0.413. The van der Waals surface area contributed by atoms with E-state index in [4.69, 9.17) is 5.11 Å². The molecule has 5 N–H and O–H groups in total. The van der Waals surface area contributed by atoms with E-state index in [0.29, 0.717) is 23.1 Å². The molecule has 9 heteroatoms. The van der Waals surface area contributed by atoms with Gasteiger partial charge in [-0.1, -0.05) is 11.3 Å². The van der Waals surface area contributed by atoms with Gasteiger partial charge >= 0.3 is 0 Å². The van der Waals surface area contributed by atoms with Crippen LogP contribution in [0.25, 0.3) is 10.2 Å². The number of aliphatic hydroxyl groups excluding tert-OH is 1. The molecule has 0 spiro atoms. The fourth-order valence-corrected chi connectivity index (χ4v) is 4.00. The number of hydrogen-bond acceptors (Lipinski definition) is 8. The van der Waals surface area contributed by atoms with Crippen molar-refractivity contribution in [1.82, 2.24) is 20.6 Å². The van der Waals surface area contributed by atoms with Crippen LogP contribution in [0.3, 0.4) is 0 Å². The maximum atomic E-state index is 12.4. The van der Waals surface area contributed by atoms with Crippen LogP contribution in [0.2, 0.25) is 0 Å². The van der Waals surface area contributed by atoms with Crippen molar-refractivity contribution in [2.24, 2.45) is 0 Å². The Morgan fingerprint density at radius 3 is 3.07 bits per heavy atom. The number of aromatic nitrogens is 2. The predicted octanol–water partition coefficient (Wildman–Crippen LogP) is 1.93. The normalized spacial score (nSPS) is 16.2. The van der Waals surface area contributed by atoms with Crippen molar-refractivity contribution in [3.63, 3.8) is 0 Å². The number of hydrogen-bond donors (Lipinski definition) is 5. The molecule has 3 aromatic rings. The molecule has 0 bridgehead atoms. The second kappa shape index (κ2) is 8.51. The van der Waals surface area contributed by atoms with Crippen molar-refractivity contribution in [2.45, 2.75) is 12.5 Å². The van der Waals surface area contributed by atoms with Crippen LogP contribution in [0.15, 0.2) is 36.5 Å². The van der Waals surface area contributed by atoms with Crippen molar-refractivity contribution in [1.29, 1.82) is 0 Å². The number of benzene rings is 1. The molecule has 3 heterocycles. The topological polar surface area (TPSA) is 111 Å². The first-order chi connectivity index (χ1) is 13.7. The van der Waals surface area contributed by atoms with E-state index in [-0.39, 0.29) is 18.6 Å². The number of pyridine rings is 1. The van der Waals surface area contributed by atoms with Crippen LogP contribution in [-0.2, 0) is 0 Å². The van der Waals surface area contributed by atoms with Gasteiger partial charge in [0.05, 0.1) is 16.8 Å². The number of aliphatic hydroxyl groups is 1. The lowest BCUT2D eigenvalue weighted by Gasteiger charge is -2.11. The lowest BCUT2D eigenvalue weighted by atomic mass is 10.2. The van der Waals surface area contributed by atoms with Crippen molar-refractivity contribution in [2.75, 3.05) is 36.9 Å². The van der Waals surface area contributed by atoms with Crippen molar-refractivity contribution < 1.29 is 9.90 Å². The third-order valence-electron chi connectivity index (χ3n) is 4.48. The second-order valence-electron chi connectivity index (χ2n) is 6.57. The Kier molecular flexibility index (Phi) is 5.65. The zero-order valence-corrected chi connectivity index (χ0v) is 16.1. The van der Waals surface area contributed by atoms with Crippen LogP contribution in [-0.4, -0.2) is 53.3 Å². The Morgan fingerprint density at radius 1 is 1.32 bits per heavy atom. The summed E-state index contributed by atoms with van der Waals surface area (Å²) in [5.74, 6) is 0.484. The van der Waals surface area contributed by atoms with Crippen LogP contribution in [0.4, 0.5) is 16.6 Å². The predicted molar refractivity (Wildman–Crippen MR) is 111 cm³/mol. The molecular weight excluding hydrogens is 376 g/mol. The van der Waals surface area contributed by atoms with Crippen molar-refractivity contribution in [3.8, 4) is 0 Å². The van der Waals surface area contributed by atoms with E-state index in [9.17, 15) is 4.79 Å². The summed E-state index contributed by atoms with van der Waals surface area (Å²) in [5, 5.41) is 22.2. The van der Waals surface area contributed by atoms with Gasteiger partial charge in [0.1, 0.15) is 5.82 Å². The minimum Gasteiger partial charge on any atom is -0.395 e. The third-order valence-corrected chi connectivity index (χ3v) is 5.42. The lowest BCUT2D eigenvalue weighted by molar-refractivity contribution is 0.0940. The number of rotatable bonds is 7. The first-order valence-electron chi connectivity index (χ1n) is 9.21. The van der Waals surface area contributed by atoms with Crippen LogP contribution < -0.4 is 21.3 Å². The van der Waals surface area contributed by atoms with Gasteiger partial charge in [-0.25, -0.2) is 9.97 Å². The molecule has 0 unspecified atom stereocenters. The zero-order valence-electron chi connectivity index (χ0n) is 15.2. The van der Waals surface area contributed by atoms with Gasteiger partial charge in [-0.15, -0.1) is 0 Å². The molecule has 4 rings (SSSR count). The number of nitrogens with zero attached hydrogens (tertiary/aromatic N) is 2. The molecule has 1 aromatic carbocycles. The SMILES string of the molecule is O=C(N[C@@H]1CCNC1)c1ccnc(Nc2nc3ccc(NCCO)cc3s2)c1. The molecule has 1 fully saturated rings. The second-order valence-corrected chi connectivity index (χ2v) is 7.60. The average molecular weight is 398 g/mol. The number of anilines is 3. The molecular formula is C19H22N6O2S. The zero-order chi connectivity index (χ0) is 19.3. The minimum absolute atomic E-state index is 0.0837. The highest BCUT2D eigenvalue weighted by Crippen LogP contribution is 2.30. The summed E-state index contributed by atoms with van der Waals surface area (Å²) in [7, 11) is 0. The summed E-state index contributed by atoms with van der Waals surface area (Å²) < 4.78 is 1.02.